The lowest BCUT2D eigenvalue weighted by atomic mass is 9.91. The lowest BCUT2D eigenvalue weighted by Gasteiger charge is -2.42. The van der Waals surface area contributed by atoms with E-state index in [-0.39, 0.29) is 30.7 Å². The quantitative estimate of drug-likeness (QED) is 0.811. The molecule has 2 heterocycles. The maximum absolute atomic E-state index is 13.3. The van der Waals surface area contributed by atoms with Gasteiger partial charge >= 0.3 is 0 Å². The molecule has 1 amide bonds. The fraction of sp³-hybridized carbons (Fsp3) is 0.400. The molecule has 2 aliphatic rings. The summed E-state index contributed by atoms with van der Waals surface area (Å²) in [5.41, 5.74) is 3.02. The molecular formula is C20H26Cl2N4O. The number of carbonyl (C=O) groups is 1. The Hall–Kier alpha value is -1.66. The SMILES string of the molecule is Cl.Cl.O=C(NCc1ccccn1)C1(N2CCNCC2)Cc2ccccc2C1. The van der Waals surface area contributed by atoms with E-state index in [4.69, 9.17) is 0 Å². The highest BCUT2D eigenvalue weighted by Gasteiger charge is 2.48. The van der Waals surface area contributed by atoms with Crippen molar-refractivity contribution in [2.45, 2.75) is 24.9 Å². The van der Waals surface area contributed by atoms with Gasteiger partial charge in [-0.25, -0.2) is 0 Å². The van der Waals surface area contributed by atoms with Crippen LogP contribution >= 0.6 is 24.8 Å². The molecule has 1 aliphatic heterocycles. The Kier molecular flexibility index (Phi) is 7.62. The molecule has 2 N–H and O–H groups in total. The summed E-state index contributed by atoms with van der Waals surface area (Å²) in [7, 11) is 0. The molecule has 4 rings (SSSR count). The molecule has 0 saturated carbocycles. The Bertz CT molecular complexity index is 726. The molecule has 1 aliphatic carbocycles. The van der Waals surface area contributed by atoms with Gasteiger partial charge in [0.15, 0.2) is 0 Å². The fourth-order valence-corrected chi connectivity index (χ4v) is 4.05. The van der Waals surface area contributed by atoms with Gasteiger partial charge < -0.3 is 10.6 Å². The van der Waals surface area contributed by atoms with Crippen LogP contribution in [0, 0.1) is 0 Å². The zero-order valence-corrected chi connectivity index (χ0v) is 16.8. The number of halogens is 2. The van der Waals surface area contributed by atoms with Gasteiger partial charge in [-0.05, 0) is 23.3 Å². The van der Waals surface area contributed by atoms with Gasteiger partial charge in [-0.15, -0.1) is 24.8 Å². The van der Waals surface area contributed by atoms with E-state index in [1.54, 1.807) is 6.20 Å². The van der Waals surface area contributed by atoms with Crippen LogP contribution in [-0.4, -0.2) is 47.5 Å². The number of amides is 1. The Morgan fingerprint density at radius 3 is 2.26 bits per heavy atom. The van der Waals surface area contributed by atoms with Gasteiger partial charge in [-0.1, -0.05) is 30.3 Å². The Labute approximate surface area is 172 Å². The summed E-state index contributed by atoms with van der Waals surface area (Å²) < 4.78 is 0. The Balaban J connectivity index is 0.00000131. The highest BCUT2D eigenvalue weighted by atomic mass is 35.5. The average Bonchev–Trinajstić information content (AvgIpc) is 3.08. The highest BCUT2D eigenvalue weighted by molar-refractivity contribution is 5.88. The number of hydrogen-bond donors (Lipinski definition) is 2. The number of rotatable bonds is 4. The second-order valence-electron chi connectivity index (χ2n) is 6.89. The molecule has 1 aromatic carbocycles. The smallest absolute Gasteiger partial charge is 0.241 e. The second-order valence-corrected chi connectivity index (χ2v) is 6.89. The number of benzene rings is 1. The van der Waals surface area contributed by atoms with Gasteiger partial charge in [0.1, 0.15) is 5.54 Å². The molecule has 1 saturated heterocycles. The molecule has 7 heteroatoms. The van der Waals surface area contributed by atoms with Crippen molar-refractivity contribution in [2.24, 2.45) is 0 Å². The second kappa shape index (κ2) is 9.51. The van der Waals surface area contributed by atoms with E-state index in [1.165, 1.54) is 11.1 Å². The van der Waals surface area contributed by atoms with Crippen molar-refractivity contribution in [1.82, 2.24) is 20.5 Å². The van der Waals surface area contributed by atoms with Crippen LogP contribution in [0.2, 0.25) is 0 Å². The average molecular weight is 409 g/mol. The van der Waals surface area contributed by atoms with Crippen LogP contribution in [-0.2, 0) is 24.2 Å². The van der Waals surface area contributed by atoms with Crippen LogP contribution in [0.4, 0.5) is 0 Å². The molecule has 0 spiro atoms. The van der Waals surface area contributed by atoms with E-state index >= 15 is 0 Å². The zero-order chi connectivity index (χ0) is 17.1. The van der Waals surface area contributed by atoms with Crippen LogP contribution in [0.5, 0.6) is 0 Å². The number of fused-ring (bicyclic) bond motifs is 1. The van der Waals surface area contributed by atoms with Crippen molar-refractivity contribution in [3.63, 3.8) is 0 Å². The standard InChI is InChI=1S/C20H24N4O.2ClH/c25-19(23-15-18-7-3-4-8-22-18)20(24-11-9-21-10-12-24)13-16-5-1-2-6-17(16)14-20;;/h1-8,21H,9-15H2,(H,23,25);2*1H. The van der Waals surface area contributed by atoms with Crippen molar-refractivity contribution >= 4 is 30.7 Å². The molecule has 2 aromatic rings. The van der Waals surface area contributed by atoms with Crippen molar-refractivity contribution in [2.75, 3.05) is 26.2 Å². The van der Waals surface area contributed by atoms with Gasteiger partial charge in [-0.2, -0.15) is 0 Å². The lowest BCUT2D eigenvalue weighted by molar-refractivity contribution is -0.134. The van der Waals surface area contributed by atoms with E-state index in [9.17, 15) is 4.79 Å². The topological polar surface area (TPSA) is 57.3 Å². The Morgan fingerprint density at radius 2 is 1.67 bits per heavy atom. The van der Waals surface area contributed by atoms with E-state index in [0.717, 1.165) is 44.7 Å². The molecule has 0 atom stereocenters. The largest absolute Gasteiger partial charge is 0.349 e. The Morgan fingerprint density at radius 1 is 1.04 bits per heavy atom. The summed E-state index contributed by atoms with van der Waals surface area (Å²) in [5.74, 6) is 0.122. The maximum Gasteiger partial charge on any atom is 0.241 e. The molecule has 5 nitrogen and oxygen atoms in total. The number of carbonyl (C=O) groups excluding carboxylic acids is 1. The van der Waals surface area contributed by atoms with Gasteiger partial charge in [0.25, 0.3) is 0 Å². The normalized spacial score (nSPS) is 17.9. The van der Waals surface area contributed by atoms with Crippen molar-refractivity contribution < 1.29 is 4.79 Å². The number of nitrogens with one attached hydrogen (secondary N) is 2. The lowest BCUT2D eigenvalue weighted by Crippen LogP contribution is -2.63. The third-order valence-corrected chi connectivity index (χ3v) is 5.39. The number of piperazine rings is 1. The summed E-state index contributed by atoms with van der Waals surface area (Å²) in [6.45, 7) is 4.16. The number of aromatic nitrogens is 1. The number of nitrogens with zero attached hydrogens (tertiary/aromatic N) is 2. The van der Waals surface area contributed by atoms with Gasteiger partial charge in [0, 0.05) is 45.2 Å². The van der Waals surface area contributed by atoms with Crippen LogP contribution in [0.25, 0.3) is 0 Å². The first-order valence-corrected chi connectivity index (χ1v) is 8.99. The van der Waals surface area contributed by atoms with E-state index in [1.807, 2.05) is 18.2 Å². The minimum Gasteiger partial charge on any atom is -0.349 e. The number of hydrogen-bond acceptors (Lipinski definition) is 4. The van der Waals surface area contributed by atoms with Crippen molar-refractivity contribution in [3.05, 3.63) is 65.5 Å². The van der Waals surface area contributed by atoms with E-state index < -0.39 is 5.54 Å². The van der Waals surface area contributed by atoms with Crippen molar-refractivity contribution in [1.29, 1.82) is 0 Å². The predicted molar refractivity (Wildman–Crippen MR) is 112 cm³/mol. The van der Waals surface area contributed by atoms with Gasteiger partial charge in [0.05, 0.1) is 12.2 Å². The minimum atomic E-state index is -0.472. The molecule has 0 bridgehead atoms. The monoisotopic (exact) mass is 408 g/mol. The van der Waals surface area contributed by atoms with Crippen LogP contribution in [0.3, 0.4) is 0 Å². The molecule has 1 fully saturated rings. The first-order chi connectivity index (χ1) is 12.3. The van der Waals surface area contributed by atoms with E-state index in [0.29, 0.717) is 6.54 Å². The molecule has 0 unspecified atom stereocenters. The summed E-state index contributed by atoms with van der Waals surface area (Å²) in [4.78, 5) is 20.0. The van der Waals surface area contributed by atoms with Crippen LogP contribution < -0.4 is 10.6 Å². The van der Waals surface area contributed by atoms with Crippen molar-refractivity contribution in [3.8, 4) is 0 Å². The van der Waals surface area contributed by atoms with Gasteiger partial charge in [-0.3, -0.25) is 14.7 Å². The summed E-state index contributed by atoms with van der Waals surface area (Å²) in [5, 5.41) is 6.54. The third kappa shape index (κ3) is 4.43. The molecule has 27 heavy (non-hydrogen) atoms. The maximum atomic E-state index is 13.3. The molecule has 1 aromatic heterocycles. The first kappa shape index (κ1) is 21.6. The fourth-order valence-electron chi connectivity index (χ4n) is 4.05. The van der Waals surface area contributed by atoms with E-state index in [2.05, 4.69) is 44.8 Å². The van der Waals surface area contributed by atoms with Crippen LogP contribution in [0.1, 0.15) is 16.8 Å². The molecular weight excluding hydrogens is 383 g/mol. The predicted octanol–water partition coefficient (Wildman–Crippen LogP) is 1.98. The summed E-state index contributed by atoms with van der Waals surface area (Å²) in [6, 6.07) is 14.2. The minimum absolute atomic E-state index is 0. The number of pyridine rings is 1. The summed E-state index contributed by atoms with van der Waals surface area (Å²) in [6.07, 6.45) is 3.34. The highest BCUT2D eigenvalue weighted by Crippen LogP contribution is 2.35. The summed E-state index contributed by atoms with van der Waals surface area (Å²) >= 11 is 0. The van der Waals surface area contributed by atoms with Crippen LogP contribution in [0.15, 0.2) is 48.7 Å². The third-order valence-electron chi connectivity index (χ3n) is 5.39. The van der Waals surface area contributed by atoms with Gasteiger partial charge in [0.2, 0.25) is 5.91 Å². The zero-order valence-electron chi connectivity index (χ0n) is 15.2. The molecule has 146 valence electrons. The first-order valence-electron chi connectivity index (χ1n) is 8.99. The molecule has 0 radical (unpaired) electrons.